The molecule has 11 nitrogen and oxygen atoms in total. The van der Waals surface area contributed by atoms with Gasteiger partial charge in [0.25, 0.3) is 11.5 Å². The Morgan fingerprint density at radius 1 is 1.05 bits per heavy atom. The maximum atomic E-state index is 15.1. The molecule has 1 aliphatic heterocycles. The van der Waals surface area contributed by atoms with E-state index in [-0.39, 0.29) is 23.7 Å². The van der Waals surface area contributed by atoms with E-state index >= 15 is 4.39 Å². The van der Waals surface area contributed by atoms with E-state index in [0.29, 0.717) is 35.5 Å². The van der Waals surface area contributed by atoms with Crippen molar-refractivity contribution in [1.82, 2.24) is 30.0 Å². The van der Waals surface area contributed by atoms with E-state index in [1.165, 1.54) is 61.1 Å². The number of aromatic nitrogens is 5. The number of carbonyl (C=O) groups is 1. The molecular formula is C28H23F3N8O3. The van der Waals surface area contributed by atoms with Crippen molar-refractivity contribution >= 4 is 28.4 Å². The van der Waals surface area contributed by atoms with Crippen LogP contribution in [0.1, 0.15) is 16.9 Å². The van der Waals surface area contributed by atoms with E-state index in [0.717, 1.165) is 10.6 Å². The van der Waals surface area contributed by atoms with E-state index < -0.39 is 41.0 Å². The lowest BCUT2D eigenvalue weighted by Crippen LogP contribution is -2.45. The number of hydrogen-bond acceptors (Lipinski definition) is 8. The predicted molar refractivity (Wildman–Crippen MR) is 148 cm³/mol. The molecule has 6 rings (SSSR count). The molecule has 2 atom stereocenters. The zero-order valence-corrected chi connectivity index (χ0v) is 21.8. The van der Waals surface area contributed by atoms with Crippen molar-refractivity contribution < 1.29 is 22.7 Å². The number of alkyl halides is 1. The zero-order chi connectivity index (χ0) is 29.2. The summed E-state index contributed by atoms with van der Waals surface area (Å²) in [7, 11) is 0. The summed E-state index contributed by atoms with van der Waals surface area (Å²) in [4.78, 5) is 33.8. The molecule has 4 N–H and O–H groups in total. The second kappa shape index (κ2) is 11.3. The third-order valence-electron chi connectivity index (χ3n) is 6.72. The molecule has 0 radical (unpaired) electrons. The first-order valence-electron chi connectivity index (χ1n) is 12.9. The van der Waals surface area contributed by atoms with E-state index in [2.05, 4.69) is 36.1 Å². The number of aromatic amines is 1. The number of nitrogens with one attached hydrogen (secondary N) is 4. The molecule has 5 aromatic rings. The number of hydrogen-bond donors (Lipinski definition) is 4. The van der Waals surface area contributed by atoms with Crippen LogP contribution in [0.25, 0.3) is 16.7 Å². The molecule has 4 heterocycles. The van der Waals surface area contributed by atoms with Gasteiger partial charge in [0.2, 0.25) is 0 Å². The minimum absolute atomic E-state index is 0.0497. The summed E-state index contributed by atoms with van der Waals surface area (Å²) < 4.78 is 49.8. The number of ether oxygens (including phenoxy) is 1. The van der Waals surface area contributed by atoms with E-state index in [4.69, 9.17) is 4.74 Å². The summed E-state index contributed by atoms with van der Waals surface area (Å²) >= 11 is 0. The Balaban J connectivity index is 1.21. The Kier molecular flexibility index (Phi) is 7.27. The number of anilines is 2. The summed E-state index contributed by atoms with van der Waals surface area (Å²) in [5, 5.41) is 15.9. The highest BCUT2D eigenvalue weighted by molar-refractivity contribution is 6.02. The van der Waals surface area contributed by atoms with Crippen molar-refractivity contribution in [3.05, 3.63) is 94.8 Å². The van der Waals surface area contributed by atoms with Crippen LogP contribution in [0.15, 0.2) is 71.9 Å². The fourth-order valence-electron chi connectivity index (χ4n) is 4.61. The van der Waals surface area contributed by atoms with Gasteiger partial charge in [-0.05, 0) is 49.4 Å². The van der Waals surface area contributed by atoms with Gasteiger partial charge in [-0.15, -0.1) is 0 Å². The molecule has 1 fully saturated rings. The summed E-state index contributed by atoms with van der Waals surface area (Å²) in [6.07, 6.45) is 3.48. The van der Waals surface area contributed by atoms with Crippen LogP contribution >= 0.6 is 0 Å². The number of H-pyrrole nitrogens is 1. The highest BCUT2D eigenvalue weighted by Gasteiger charge is 2.26. The normalized spacial score (nSPS) is 16.7. The SMILES string of the molecule is O=C(Nc1ccc(Oc2ccnc3[nH]nc(NC4CCNC[C@H]4F)c23)c(F)c1)c1nccn(-c2ccc(F)cc2)c1=O. The van der Waals surface area contributed by atoms with Gasteiger partial charge >= 0.3 is 0 Å². The van der Waals surface area contributed by atoms with Gasteiger partial charge in [-0.1, -0.05) is 0 Å². The molecule has 1 unspecified atom stereocenters. The number of fused-ring (bicyclic) bond motifs is 1. The number of halogens is 3. The van der Waals surface area contributed by atoms with Crippen LogP contribution < -0.4 is 26.2 Å². The third-order valence-corrected chi connectivity index (χ3v) is 6.72. The average molecular weight is 577 g/mol. The van der Waals surface area contributed by atoms with Gasteiger partial charge in [-0.3, -0.25) is 19.3 Å². The molecule has 1 saturated heterocycles. The lowest BCUT2D eigenvalue weighted by molar-refractivity contribution is 0.102. The molecule has 0 spiro atoms. The van der Waals surface area contributed by atoms with Crippen LogP contribution in [0.2, 0.25) is 0 Å². The van der Waals surface area contributed by atoms with Gasteiger partial charge in [-0.2, -0.15) is 5.10 Å². The highest BCUT2D eigenvalue weighted by Crippen LogP contribution is 2.35. The predicted octanol–water partition coefficient (Wildman–Crippen LogP) is 3.94. The number of nitrogens with zero attached hydrogens (tertiary/aromatic N) is 4. The molecule has 1 amide bonds. The Bertz CT molecular complexity index is 1830. The molecule has 14 heteroatoms. The number of amides is 1. The number of piperidine rings is 1. The summed E-state index contributed by atoms with van der Waals surface area (Å²) in [5.41, 5.74) is -0.423. The zero-order valence-electron chi connectivity index (χ0n) is 21.8. The third kappa shape index (κ3) is 5.39. The van der Waals surface area contributed by atoms with Gasteiger partial charge in [0, 0.05) is 48.6 Å². The van der Waals surface area contributed by atoms with Gasteiger partial charge < -0.3 is 20.7 Å². The maximum Gasteiger partial charge on any atom is 0.286 e. The van der Waals surface area contributed by atoms with Crippen LogP contribution in [0, 0.1) is 11.6 Å². The quantitative estimate of drug-likeness (QED) is 0.229. The van der Waals surface area contributed by atoms with Crippen molar-refractivity contribution in [1.29, 1.82) is 0 Å². The first kappa shape index (κ1) is 27.0. The molecular weight excluding hydrogens is 553 g/mol. The first-order chi connectivity index (χ1) is 20.4. The van der Waals surface area contributed by atoms with Gasteiger partial charge in [-0.25, -0.2) is 23.1 Å². The second-order valence-corrected chi connectivity index (χ2v) is 9.49. The van der Waals surface area contributed by atoms with E-state index in [1.807, 2.05) is 0 Å². The lowest BCUT2D eigenvalue weighted by Gasteiger charge is -2.27. The number of benzene rings is 2. The molecule has 3 aromatic heterocycles. The topological polar surface area (TPSA) is 139 Å². The maximum absolute atomic E-state index is 15.1. The van der Waals surface area contributed by atoms with Crippen LogP contribution in [-0.2, 0) is 0 Å². The standard InChI is InChI=1S/C28H23F3N8O3/c29-15-1-4-17(5-2-15)39-12-11-33-24(28(39)41)27(40)35-16-3-6-21(18(30)13-16)42-22-8-10-34-25-23(22)26(38-37-25)36-20-7-9-32-14-19(20)31/h1-6,8,10-13,19-20,32H,7,9,14H2,(H,35,40)(H2,34,36,37,38)/t19-,20?/m1/s1. The van der Waals surface area contributed by atoms with Gasteiger partial charge in [0.1, 0.15) is 23.1 Å². The highest BCUT2D eigenvalue weighted by atomic mass is 19.1. The second-order valence-electron chi connectivity index (χ2n) is 9.49. The fraction of sp³-hybridized carbons (Fsp3) is 0.179. The Morgan fingerprint density at radius 2 is 1.88 bits per heavy atom. The van der Waals surface area contributed by atoms with E-state index in [9.17, 15) is 18.4 Å². The van der Waals surface area contributed by atoms with Crippen molar-refractivity contribution in [3.8, 4) is 17.2 Å². The molecule has 42 heavy (non-hydrogen) atoms. The van der Waals surface area contributed by atoms with Crippen molar-refractivity contribution in [2.45, 2.75) is 18.6 Å². The molecule has 214 valence electrons. The van der Waals surface area contributed by atoms with E-state index in [1.54, 1.807) is 0 Å². The molecule has 0 saturated carbocycles. The molecule has 0 bridgehead atoms. The van der Waals surface area contributed by atoms with Crippen molar-refractivity contribution in [3.63, 3.8) is 0 Å². The first-order valence-corrected chi connectivity index (χ1v) is 12.9. The summed E-state index contributed by atoms with van der Waals surface area (Å²) in [5.74, 6) is -1.74. The summed E-state index contributed by atoms with van der Waals surface area (Å²) in [6.45, 7) is 0.876. The molecule has 1 aliphatic rings. The summed E-state index contributed by atoms with van der Waals surface area (Å²) in [6, 6.07) is 9.94. The Labute approximate surface area is 235 Å². The molecule has 2 aromatic carbocycles. The Morgan fingerprint density at radius 3 is 2.67 bits per heavy atom. The largest absolute Gasteiger partial charge is 0.453 e. The average Bonchev–Trinajstić information content (AvgIpc) is 3.40. The van der Waals surface area contributed by atoms with Crippen LogP contribution in [0.3, 0.4) is 0 Å². The number of rotatable bonds is 7. The Hall–Kier alpha value is -5.24. The minimum Gasteiger partial charge on any atom is -0.453 e. The fourth-order valence-corrected chi connectivity index (χ4v) is 4.61. The molecule has 0 aliphatic carbocycles. The van der Waals surface area contributed by atoms with Crippen LogP contribution in [-0.4, -0.2) is 55.9 Å². The smallest absolute Gasteiger partial charge is 0.286 e. The van der Waals surface area contributed by atoms with Gasteiger partial charge in [0.05, 0.1) is 6.04 Å². The van der Waals surface area contributed by atoms with Crippen LogP contribution in [0.5, 0.6) is 11.5 Å². The van der Waals surface area contributed by atoms with Gasteiger partial charge in [0.15, 0.2) is 28.7 Å². The minimum atomic E-state index is -1.12. The number of pyridine rings is 1. The van der Waals surface area contributed by atoms with Crippen LogP contribution in [0.4, 0.5) is 24.7 Å². The van der Waals surface area contributed by atoms with Crippen molar-refractivity contribution in [2.24, 2.45) is 0 Å². The lowest BCUT2D eigenvalue weighted by atomic mass is 10.0. The van der Waals surface area contributed by atoms with Crippen molar-refractivity contribution in [2.75, 3.05) is 23.7 Å². The monoisotopic (exact) mass is 576 g/mol. The number of carbonyl (C=O) groups excluding carboxylic acids is 1.